The molecule has 1 atom stereocenters. The van der Waals surface area contributed by atoms with Crippen molar-refractivity contribution < 1.29 is 9.90 Å². The third-order valence-corrected chi connectivity index (χ3v) is 2.38. The molecule has 2 nitrogen and oxygen atoms in total. The predicted molar refractivity (Wildman–Crippen MR) is 44.6 cm³/mol. The van der Waals surface area contributed by atoms with E-state index in [2.05, 4.69) is 12.6 Å². The number of carboxylic acids is 1. The lowest BCUT2D eigenvalue weighted by Crippen LogP contribution is -2.31. The van der Waals surface area contributed by atoms with E-state index in [9.17, 15) is 4.79 Å². The summed E-state index contributed by atoms with van der Waals surface area (Å²) in [4.78, 5) is 10.6. The van der Waals surface area contributed by atoms with Crippen molar-refractivity contribution >= 4 is 18.6 Å². The van der Waals surface area contributed by atoms with Crippen LogP contribution in [0.3, 0.4) is 0 Å². The van der Waals surface area contributed by atoms with Crippen molar-refractivity contribution in [2.75, 3.05) is 0 Å². The number of rotatable bonds is 4. The molecule has 0 saturated carbocycles. The van der Waals surface area contributed by atoms with E-state index in [0.717, 1.165) is 6.42 Å². The fraction of sp³-hybridized carbons (Fsp3) is 0.857. The summed E-state index contributed by atoms with van der Waals surface area (Å²) < 4.78 is -0.797. The molecule has 0 aromatic rings. The van der Waals surface area contributed by atoms with Gasteiger partial charge in [0.05, 0.1) is 0 Å². The molecule has 0 aromatic carbocycles. The largest absolute Gasteiger partial charge is 0.480 e. The van der Waals surface area contributed by atoms with Crippen molar-refractivity contribution in [1.29, 1.82) is 0 Å². The van der Waals surface area contributed by atoms with Gasteiger partial charge < -0.3 is 5.11 Å². The van der Waals surface area contributed by atoms with Crippen LogP contribution in [0, 0.1) is 0 Å². The molecule has 0 saturated heterocycles. The second-order valence-electron chi connectivity index (χ2n) is 2.44. The summed E-state index contributed by atoms with van der Waals surface area (Å²) in [5.41, 5.74) is 0. The summed E-state index contributed by atoms with van der Waals surface area (Å²) in [7, 11) is 0. The molecule has 0 aliphatic rings. The Bertz CT molecular complexity index is 125. The molecule has 0 aliphatic carbocycles. The number of hydrogen-bond donors (Lipinski definition) is 2. The van der Waals surface area contributed by atoms with Gasteiger partial charge >= 0.3 is 5.97 Å². The zero-order chi connectivity index (χ0) is 8.20. The summed E-state index contributed by atoms with van der Waals surface area (Å²) in [5.74, 6) is -0.805. The first-order chi connectivity index (χ1) is 4.56. The minimum Gasteiger partial charge on any atom is -0.480 e. The Morgan fingerprint density at radius 2 is 2.10 bits per heavy atom. The van der Waals surface area contributed by atoms with Crippen LogP contribution < -0.4 is 0 Å². The third-order valence-electron chi connectivity index (χ3n) is 1.65. The standard InChI is InChI=1S/C7H14O2S/c1-3-5-7(10,4-2)6(8)9/h10H,3-5H2,1-2H3,(H,8,9). The lowest BCUT2D eigenvalue weighted by atomic mass is 10.00. The number of carboxylic acid groups (broad SMARTS) is 1. The fourth-order valence-corrected chi connectivity index (χ4v) is 1.07. The monoisotopic (exact) mass is 162 g/mol. The molecule has 0 fully saturated rings. The number of carbonyl (C=O) groups is 1. The van der Waals surface area contributed by atoms with Crippen LogP contribution in [0.4, 0.5) is 0 Å². The van der Waals surface area contributed by atoms with E-state index in [1.165, 1.54) is 0 Å². The van der Waals surface area contributed by atoms with Gasteiger partial charge in [-0.3, -0.25) is 4.79 Å². The Balaban J connectivity index is 4.08. The number of thiol groups is 1. The van der Waals surface area contributed by atoms with Crippen LogP contribution in [0.15, 0.2) is 0 Å². The van der Waals surface area contributed by atoms with E-state index in [4.69, 9.17) is 5.11 Å². The van der Waals surface area contributed by atoms with E-state index in [0.29, 0.717) is 12.8 Å². The van der Waals surface area contributed by atoms with Crippen LogP contribution in [0.5, 0.6) is 0 Å². The van der Waals surface area contributed by atoms with Crippen LogP contribution in [-0.4, -0.2) is 15.8 Å². The predicted octanol–water partition coefficient (Wildman–Crippen LogP) is 1.95. The molecule has 60 valence electrons. The Hall–Kier alpha value is -0.180. The van der Waals surface area contributed by atoms with Gasteiger partial charge in [-0.2, -0.15) is 12.6 Å². The minimum atomic E-state index is -0.805. The lowest BCUT2D eigenvalue weighted by molar-refractivity contribution is -0.140. The highest BCUT2D eigenvalue weighted by Gasteiger charge is 2.30. The number of aliphatic carboxylic acids is 1. The number of hydrogen-bond acceptors (Lipinski definition) is 2. The smallest absolute Gasteiger partial charge is 0.319 e. The molecule has 0 bridgehead atoms. The Morgan fingerprint density at radius 1 is 1.60 bits per heavy atom. The highest BCUT2D eigenvalue weighted by atomic mass is 32.1. The zero-order valence-electron chi connectivity index (χ0n) is 6.42. The van der Waals surface area contributed by atoms with Crippen LogP contribution in [0.25, 0.3) is 0 Å². The fourth-order valence-electron chi connectivity index (χ4n) is 0.849. The summed E-state index contributed by atoms with van der Waals surface area (Å²) in [6, 6.07) is 0. The molecule has 1 N–H and O–H groups in total. The second-order valence-corrected chi connectivity index (χ2v) is 3.30. The summed E-state index contributed by atoms with van der Waals surface area (Å²) in [6.45, 7) is 3.81. The van der Waals surface area contributed by atoms with E-state index in [1.807, 2.05) is 13.8 Å². The van der Waals surface area contributed by atoms with Crippen molar-refractivity contribution in [3.63, 3.8) is 0 Å². The molecule has 0 heterocycles. The Labute approximate surface area is 67.0 Å². The molecule has 0 aliphatic heterocycles. The summed E-state index contributed by atoms with van der Waals surface area (Å²) >= 11 is 4.09. The SMILES string of the molecule is CCCC(S)(CC)C(=O)O. The highest BCUT2D eigenvalue weighted by molar-refractivity contribution is 7.82. The van der Waals surface area contributed by atoms with Crippen molar-refractivity contribution in [3.8, 4) is 0 Å². The van der Waals surface area contributed by atoms with Crippen LogP contribution in [0.2, 0.25) is 0 Å². The van der Waals surface area contributed by atoms with Crippen LogP contribution in [-0.2, 0) is 4.79 Å². The average molecular weight is 162 g/mol. The lowest BCUT2D eigenvalue weighted by Gasteiger charge is -2.20. The normalized spacial score (nSPS) is 16.3. The van der Waals surface area contributed by atoms with Crippen LogP contribution in [0.1, 0.15) is 33.1 Å². The average Bonchev–Trinajstić information content (AvgIpc) is 1.88. The van der Waals surface area contributed by atoms with E-state index in [-0.39, 0.29) is 0 Å². The first-order valence-corrected chi connectivity index (χ1v) is 3.97. The Kier molecular flexibility index (Phi) is 3.79. The molecule has 3 heteroatoms. The van der Waals surface area contributed by atoms with Gasteiger partial charge in [-0.05, 0) is 12.8 Å². The first-order valence-electron chi connectivity index (χ1n) is 3.52. The molecule has 0 radical (unpaired) electrons. The summed E-state index contributed by atoms with van der Waals surface area (Å²) in [6.07, 6.45) is 2.09. The maximum absolute atomic E-state index is 10.6. The molecular formula is C7H14O2S. The Morgan fingerprint density at radius 3 is 2.20 bits per heavy atom. The molecule has 0 rings (SSSR count). The maximum Gasteiger partial charge on any atom is 0.319 e. The van der Waals surface area contributed by atoms with E-state index >= 15 is 0 Å². The van der Waals surface area contributed by atoms with Gasteiger partial charge in [0.2, 0.25) is 0 Å². The molecule has 0 aromatic heterocycles. The van der Waals surface area contributed by atoms with E-state index < -0.39 is 10.7 Å². The van der Waals surface area contributed by atoms with Crippen molar-refractivity contribution in [1.82, 2.24) is 0 Å². The zero-order valence-corrected chi connectivity index (χ0v) is 7.32. The first kappa shape index (κ1) is 9.82. The maximum atomic E-state index is 10.6. The highest BCUT2D eigenvalue weighted by Crippen LogP contribution is 2.24. The molecule has 10 heavy (non-hydrogen) atoms. The van der Waals surface area contributed by atoms with Crippen LogP contribution >= 0.6 is 12.6 Å². The van der Waals surface area contributed by atoms with Crippen molar-refractivity contribution in [2.45, 2.75) is 37.9 Å². The van der Waals surface area contributed by atoms with Gasteiger partial charge in [0.1, 0.15) is 4.75 Å². The van der Waals surface area contributed by atoms with Gasteiger partial charge in [-0.1, -0.05) is 20.3 Å². The van der Waals surface area contributed by atoms with Crippen molar-refractivity contribution in [3.05, 3.63) is 0 Å². The van der Waals surface area contributed by atoms with E-state index in [1.54, 1.807) is 0 Å². The van der Waals surface area contributed by atoms with Gasteiger partial charge in [0.25, 0.3) is 0 Å². The summed E-state index contributed by atoms with van der Waals surface area (Å²) in [5, 5.41) is 8.69. The molecule has 0 amide bonds. The topological polar surface area (TPSA) is 37.3 Å². The molecule has 1 unspecified atom stereocenters. The molecular weight excluding hydrogens is 148 g/mol. The van der Waals surface area contributed by atoms with Gasteiger partial charge in [-0.15, -0.1) is 0 Å². The second kappa shape index (κ2) is 3.86. The third kappa shape index (κ3) is 2.21. The van der Waals surface area contributed by atoms with Crippen molar-refractivity contribution in [2.24, 2.45) is 0 Å². The van der Waals surface area contributed by atoms with Gasteiger partial charge in [-0.25, -0.2) is 0 Å². The quantitative estimate of drug-likeness (QED) is 0.620. The molecule has 0 spiro atoms. The van der Waals surface area contributed by atoms with Gasteiger partial charge in [0, 0.05) is 0 Å². The van der Waals surface area contributed by atoms with Gasteiger partial charge in [0.15, 0.2) is 0 Å². The minimum absolute atomic E-state index is 0.583.